The number of oxazole rings is 2. The smallest absolute Gasteiger partial charge is 0.317 e. The second kappa shape index (κ2) is 21.4. The normalized spacial score (nSPS) is 15.2. The van der Waals surface area contributed by atoms with Gasteiger partial charge in [-0.1, -0.05) is 41.9 Å². The van der Waals surface area contributed by atoms with Crippen LogP contribution in [0.5, 0.6) is 23.0 Å². The molecule has 0 saturated carbocycles. The van der Waals surface area contributed by atoms with Crippen molar-refractivity contribution in [1.82, 2.24) is 19.8 Å². The highest BCUT2D eigenvalue weighted by atomic mass is 35.5. The fraction of sp³-hybridized carbons (Fsp3) is 0.400. The predicted octanol–water partition coefficient (Wildman–Crippen LogP) is 11.1. The van der Waals surface area contributed by atoms with Crippen LogP contribution in [0.4, 0.5) is 20.8 Å². The molecule has 4 aromatic carbocycles. The summed E-state index contributed by atoms with van der Waals surface area (Å²) in [5.74, 6) is 0.802. The van der Waals surface area contributed by atoms with E-state index in [9.17, 15) is 4.39 Å². The van der Waals surface area contributed by atoms with Crippen LogP contribution in [0.3, 0.4) is 0 Å². The van der Waals surface area contributed by atoms with E-state index in [2.05, 4.69) is 19.8 Å². The van der Waals surface area contributed by atoms with Crippen LogP contribution in [-0.2, 0) is 13.1 Å². The zero-order chi connectivity index (χ0) is 45.3. The predicted molar refractivity (Wildman–Crippen MR) is 248 cm³/mol. The van der Waals surface area contributed by atoms with Crippen LogP contribution in [0.25, 0.3) is 22.5 Å². The Morgan fingerprint density at radius 2 is 0.985 bits per heavy atom. The Kier molecular flexibility index (Phi) is 15.1. The van der Waals surface area contributed by atoms with Crippen molar-refractivity contribution >= 4 is 23.6 Å². The summed E-state index contributed by atoms with van der Waals surface area (Å²) in [5.41, 5.74) is 4.94. The third-order valence-electron chi connectivity index (χ3n) is 11.8. The van der Waals surface area contributed by atoms with Gasteiger partial charge in [-0.2, -0.15) is 14.4 Å². The lowest BCUT2D eigenvalue weighted by molar-refractivity contribution is 0.178. The lowest BCUT2D eigenvalue weighted by Crippen LogP contribution is -2.59. The molecule has 2 aromatic heterocycles. The van der Waals surface area contributed by atoms with E-state index < -0.39 is 5.82 Å². The molecule has 65 heavy (non-hydrogen) atoms. The number of halogens is 3. The number of hydrazine groups is 1. The Bertz CT molecular complexity index is 2400. The lowest BCUT2D eigenvalue weighted by atomic mass is 10.0. The second-order valence-electron chi connectivity index (χ2n) is 16.2. The number of nitrogens with zero attached hydrogens (tertiary/aromatic N) is 6. The van der Waals surface area contributed by atoms with Gasteiger partial charge in [0.25, 0.3) is 0 Å². The monoisotopic (exact) mass is 910 g/mol. The number of likely N-dealkylation sites (tertiary alicyclic amines) is 2. The van der Waals surface area contributed by atoms with Crippen molar-refractivity contribution in [2.75, 3.05) is 62.6 Å². The van der Waals surface area contributed by atoms with E-state index in [0.717, 1.165) is 74.1 Å². The minimum absolute atomic E-state index is 0.0518. The number of rotatable bonds is 19. The number of hydrogen-bond acceptors (Lipinski definition) is 12. The highest BCUT2D eigenvalue weighted by Gasteiger charge is 2.39. The topological polar surface area (TPSA) is 102 Å². The summed E-state index contributed by atoms with van der Waals surface area (Å²) in [7, 11) is 0. The molecule has 12 nitrogen and oxygen atoms in total. The number of piperidine rings is 2. The summed E-state index contributed by atoms with van der Waals surface area (Å²) in [6.45, 7) is 13.6. The molecular formula is C50H57ClF2N6O6. The molecule has 8 rings (SSSR count). The molecule has 2 fully saturated rings. The molecule has 0 bridgehead atoms. The third kappa shape index (κ3) is 10.8. The molecule has 0 N–H and O–H groups in total. The van der Waals surface area contributed by atoms with Gasteiger partial charge in [-0.05, 0) is 113 Å². The van der Waals surface area contributed by atoms with E-state index >= 15 is 4.39 Å². The summed E-state index contributed by atoms with van der Waals surface area (Å²) in [4.78, 5) is 15.0. The number of aromatic nitrogens is 2. The first kappa shape index (κ1) is 45.7. The Morgan fingerprint density at radius 1 is 0.585 bits per heavy atom. The average Bonchev–Trinajstić information content (AvgIpc) is 4.02. The van der Waals surface area contributed by atoms with Gasteiger partial charge in [-0.15, -0.1) is 0 Å². The maximum Gasteiger partial charge on any atom is 0.317 e. The van der Waals surface area contributed by atoms with Crippen LogP contribution >= 0.6 is 11.6 Å². The van der Waals surface area contributed by atoms with E-state index in [1.54, 1.807) is 36.8 Å². The van der Waals surface area contributed by atoms with Gasteiger partial charge >= 0.3 is 12.0 Å². The van der Waals surface area contributed by atoms with Crippen LogP contribution in [0.1, 0.15) is 64.5 Å². The van der Waals surface area contributed by atoms with Gasteiger partial charge in [0.15, 0.2) is 11.5 Å². The number of ether oxygens (including phenoxy) is 4. The van der Waals surface area contributed by atoms with Gasteiger partial charge < -0.3 is 27.8 Å². The van der Waals surface area contributed by atoms with Gasteiger partial charge in [-0.3, -0.25) is 9.80 Å². The third-order valence-corrected chi connectivity index (χ3v) is 12.1. The van der Waals surface area contributed by atoms with Crippen molar-refractivity contribution in [1.29, 1.82) is 0 Å². The largest absolute Gasteiger partial charge is 0.492 e. The average molecular weight is 911 g/mol. The van der Waals surface area contributed by atoms with E-state index in [0.29, 0.717) is 79.5 Å². The zero-order valence-corrected chi connectivity index (χ0v) is 38.2. The van der Waals surface area contributed by atoms with Gasteiger partial charge in [0.1, 0.15) is 46.3 Å². The van der Waals surface area contributed by atoms with Crippen molar-refractivity contribution in [3.63, 3.8) is 0 Å². The maximum atomic E-state index is 15.2. The summed E-state index contributed by atoms with van der Waals surface area (Å²) in [5, 5.41) is 4.79. The number of hydrogen-bond donors (Lipinski definition) is 0. The van der Waals surface area contributed by atoms with Gasteiger partial charge in [0, 0.05) is 50.4 Å². The lowest BCUT2D eigenvalue weighted by Gasteiger charge is -2.47. The Labute approximate surface area is 384 Å². The van der Waals surface area contributed by atoms with Crippen molar-refractivity contribution in [2.45, 2.75) is 78.6 Å². The van der Waals surface area contributed by atoms with E-state index in [-0.39, 0.29) is 29.4 Å². The highest BCUT2D eigenvalue weighted by Crippen LogP contribution is 2.39. The number of anilines is 2. The molecule has 0 amide bonds. The SMILES string of the molecule is CCOc1cc(CN2CCC(N(c3nc(-c4ccc(F)cc4)co3)N(c3nc(-c4ccccc4)co3)C3CCN(Cc4cc(OCC)c(Cl)c(OCC)c4)CC3)CC2)cc(OCC)c1F. The van der Waals surface area contributed by atoms with Gasteiger partial charge in [-0.25, -0.2) is 14.4 Å². The fourth-order valence-corrected chi connectivity index (χ4v) is 8.94. The van der Waals surface area contributed by atoms with Crippen LogP contribution in [0.2, 0.25) is 5.02 Å². The molecule has 15 heteroatoms. The minimum Gasteiger partial charge on any atom is -0.492 e. The quantitative estimate of drug-likeness (QED) is 0.0723. The first-order valence-corrected chi connectivity index (χ1v) is 23.0. The molecular weight excluding hydrogens is 854 g/mol. The van der Waals surface area contributed by atoms with Crippen molar-refractivity contribution in [3.05, 3.63) is 119 Å². The standard InChI is InChI=1S/C50H57ClF2N6O6/c1-5-60-43-26-34(27-44(47(43)51)61-6-2)30-56-22-18-39(19-23-56)58(49-54-41(32-64-49)36-12-10-9-11-13-36)59(50-55-42(33-65-50)37-14-16-38(52)17-15-37)40-20-24-57(25-21-40)31-35-28-45(62-7-3)48(53)46(29-35)63-8-4/h9-17,26-29,32-33,39-40H,5-8,18-25,30-31H2,1-4H3. The molecule has 2 aliphatic heterocycles. The molecule has 4 heterocycles. The van der Waals surface area contributed by atoms with Crippen LogP contribution in [0.15, 0.2) is 100 Å². The van der Waals surface area contributed by atoms with E-state index in [4.69, 9.17) is 49.4 Å². The molecule has 344 valence electrons. The molecule has 0 aliphatic carbocycles. The summed E-state index contributed by atoms with van der Waals surface area (Å²) in [6.07, 6.45) is 6.38. The Morgan fingerprint density at radius 3 is 1.42 bits per heavy atom. The van der Waals surface area contributed by atoms with Crippen LogP contribution < -0.4 is 29.0 Å². The van der Waals surface area contributed by atoms with Gasteiger partial charge in [0.2, 0.25) is 5.82 Å². The first-order valence-electron chi connectivity index (χ1n) is 22.7. The maximum absolute atomic E-state index is 15.2. The molecule has 0 spiro atoms. The summed E-state index contributed by atoms with van der Waals surface area (Å²) < 4.78 is 65.2. The number of benzene rings is 4. The summed E-state index contributed by atoms with van der Waals surface area (Å²) in [6, 6.07) is 24.5. The van der Waals surface area contributed by atoms with E-state index in [1.165, 1.54) is 12.1 Å². The first-order chi connectivity index (χ1) is 31.7. The molecule has 0 atom stereocenters. The fourth-order valence-electron chi connectivity index (χ4n) is 8.72. The minimum atomic E-state index is -0.484. The van der Waals surface area contributed by atoms with Crippen molar-refractivity contribution in [2.24, 2.45) is 0 Å². The van der Waals surface area contributed by atoms with E-state index in [1.807, 2.05) is 70.2 Å². The van der Waals surface area contributed by atoms with Gasteiger partial charge in [0.05, 0.1) is 38.5 Å². The van der Waals surface area contributed by atoms with Crippen LogP contribution in [-0.4, -0.2) is 84.5 Å². The van der Waals surface area contributed by atoms with Crippen molar-refractivity contribution in [3.8, 4) is 45.5 Å². The molecule has 2 saturated heterocycles. The molecule has 6 aromatic rings. The Hall–Kier alpha value is -5.83. The molecule has 2 aliphatic rings. The Balaban J connectivity index is 1.10. The second-order valence-corrected chi connectivity index (χ2v) is 16.5. The summed E-state index contributed by atoms with van der Waals surface area (Å²) >= 11 is 6.66. The van der Waals surface area contributed by atoms with Crippen molar-refractivity contribution < 1.29 is 36.6 Å². The zero-order valence-electron chi connectivity index (χ0n) is 37.5. The van der Waals surface area contributed by atoms with Crippen LogP contribution in [0, 0.1) is 11.6 Å². The highest BCUT2D eigenvalue weighted by molar-refractivity contribution is 6.33. The molecule has 0 radical (unpaired) electrons. The molecule has 0 unspecified atom stereocenters.